The van der Waals surface area contributed by atoms with Crippen LogP contribution in [-0.4, -0.2) is 12.6 Å². The van der Waals surface area contributed by atoms with E-state index < -0.39 is 0 Å². The fraction of sp³-hybridized carbons (Fsp3) is 0.400. The van der Waals surface area contributed by atoms with Gasteiger partial charge in [0.1, 0.15) is 6.61 Å². The molecule has 0 bridgehead atoms. The molecular formula is C20H28ClNO2. The molecule has 24 heavy (non-hydrogen) atoms. The molecule has 2 aromatic rings. The maximum atomic E-state index is 5.95. The Bertz CT molecular complexity index is 612. The summed E-state index contributed by atoms with van der Waals surface area (Å²) < 4.78 is 11.7. The summed E-state index contributed by atoms with van der Waals surface area (Å²) >= 11 is 0. The lowest BCUT2D eigenvalue weighted by atomic mass is 10.1. The highest BCUT2D eigenvalue weighted by molar-refractivity contribution is 5.85. The van der Waals surface area contributed by atoms with Crippen molar-refractivity contribution in [3.05, 3.63) is 59.2 Å². The van der Waals surface area contributed by atoms with Gasteiger partial charge in [0, 0.05) is 12.6 Å². The van der Waals surface area contributed by atoms with E-state index in [9.17, 15) is 0 Å². The fourth-order valence-electron chi connectivity index (χ4n) is 2.22. The van der Waals surface area contributed by atoms with Crippen LogP contribution in [0.25, 0.3) is 0 Å². The van der Waals surface area contributed by atoms with E-state index in [1.165, 1.54) is 11.1 Å². The summed E-state index contributed by atoms with van der Waals surface area (Å²) in [4.78, 5) is 0. The Morgan fingerprint density at radius 2 is 1.58 bits per heavy atom. The lowest BCUT2D eigenvalue weighted by Crippen LogP contribution is -2.21. The Morgan fingerprint density at radius 1 is 0.917 bits per heavy atom. The summed E-state index contributed by atoms with van der Waals surface area (Å²) in [5, 5.41) is 3.42. The fourth-order valence-corrected chi connectivity index (χ4v) is 2.22. The summed E-state index contributed by atoms with van der Waals surface area (Å²) in [6.45, 7) is 10.4. The molecule has 0 spiro atoms. The number of hydrogen-bond donors (Lipinski definition) is 1. The van der Waals surface area contributed by atoms with Gasteiger partial charge >= 0.3 is 0 Å². The molecule has 0 aliphatic rings. The van der Waals surface area contributed by atoms with Crippen LogP contribution in [0.15, 0.2) is 42.5 Å². The standard InChI is InChI=1S/C20H27NO2.ClH/c1-5-22-20-12-18(13-21-15(2)3)10-11-19(20)23-14-17-8-6-16(4)7-9-17;/h6-12,15,21H,5,13-14H2,1-4H3;1H. The van der Waals surface area contributed by atoms with Crippen LogP contribution in [-0.2, 0) is 13.2 Å². The van der Waals surface area contributed by atoms with E-state index in [-0.39, 0.29) is 12.4 Å². The zero-order valence-electron chi connectivity index (χ0n) is 15.0. The number of halogens is 1. The van der Waals surface area contributed by atoms with Crippen LogP contribution in [0, 0.1) is 6.92 Å². The van der Waals surface area contributed by atoms with Crippen molar-refractivity contribution in [3.63, 3.8) is 0 Å². The largest absolute Gasteiger partial charge is 0.490 e. The summed E-state index contributed by atoms with van der Waals surface area (Å²) in [6, 6.07) is 15.0. The first-order valence-corrected chi connectivity index (χ1v) is 8.26. The van der Waals surface area contributed by atoms with Crippen molar-refractivity contribution in [3.8, 4) is 11.5 Å². The summed E-state index contributed by atoms with van der Waals surface area (Å²) in [7, 11) is 0. The van der Waals surface area contributed by atoms with Crippen LogP contribution in [0.5, 0.6) is 11.5 Å². The van der Waals surface area contributed by atoms with Gasteiger partial charge in [-0.3, -0.25) is 0 Å². The molecule has 2 aromatic carbocycles. The molecule has 132 valence electrons. The highest BCUT2D eigenvalue weighted by Gasteiger charge is 2.07. The molecule has 0 saturated heterocycles. The third-order valence-electron chi connectivity index (χ3n) is 3.54. The molecule has 4 heteroatoms. The number of aryl methyl sites for hydroxylation is 1. The second-order valence-electron chi connectivity index (χ2n) is 6.02. The minimum absolute atomic E-state index is 0. The number of nitrogens with one attached hydrogen (secondary N) is 1. The van der Waals surface area contributed by atoms with Crippen molar-refractivity contribution < 1.29 is 9.47 Å². The molecule has 0 fully saturated rings. The Kier molecular flexibility index (Phi) is 8.66. The molecule has 2 rings (SSSR count). The molecule has 0 saturated carbocycles. The number of benzene rings is 2. The number of hydrogen-bond acceptors (Lipinski definition) is 3. The van der Waals surface area contributed by atoms with Gasteiger partial charge in [-0.15, -0.1) is 12.4 Å². The monoisotopic (exact) mass is 349 g/mol. The second kappa shape index (κ2) is 10.2. The topological polar surface area (TPSA) is 30.5 Å². The molecule has 0 aliphatic carbocycles. The van der Waals surface area contributed by atoms with E-state index in [1.54, 1.807) is 0 Å². The van der Waals surface area contributed by atoms with Crippen LogP contribution >= 0.6 is 12.4 Å². The van der Waals surface area contributed by atoms with Crippen molar-refractivity contribution in [2.75, 3.05) is 6.61 Å². The van der Waals surface area contributed by atoms with Gasteiger partial charge in [0.15, 0.2) is 11.5 Å². The first-order chi connectivity index (χ1) is 11.1. The van der Waals surface area contributed by atoms with Crippen LogP contribution in [0.1, 0.15) is 37.5 Å². The van der Waals surface area contributed by atoms with Gasteiger partial charge < -0.3 is 14.8 Å². The van der Waals surface area contributed by atoms with Crippen LogP contribution in [0.3, 0.4) is 0 Å². The maximum absolute atomic E-state index is 5.95. The zero-order chi connectivity index (χ0) is 16.7. The van der Waals surface area contributed by atoms with Gasteiger partial charge in [-0.2, -0.15) is 0 Å². The minimum atomic E-state index is 0. The van der Waals surface area contributed by atoms with Crippen molar-refractivity contribution >= 4 is 12.4 Å². The van der Waals surface area contributed by atoms with Gasteiger partial charge in [-0.1, -0.05) is 49.7 Å². The third-order valence-corrected chi connectivity index (χ3v) is 3.54. The van der Waals surface area contributed by atoms with Crippen LogP contribution < -0.4 is 14.8 Å². The molecule has 0 aromatic heterocycles. The van der Waals surface area contributed by atoms with E-state index in [0.717, 1.165) is 23.6 Å². The smallest absolute Gasteiger partial charge is 0.161 e. The van der Waals surface area contributed by atoms with Crippen LogP contribution in [0.2, 0.25) is 0 Å². The van der Waals surface area contributed by atoms with Gasteiger partial charge in [0.2, 0.25) is 0 Å². The zero-order valence-corrected chi connectivity index (χ0v) is 15.8. The van der Waals surface area contributed by atoms with Gasteiger partial charge in [0.25, 0.3) is 0 Å². The minimum Gasteiger partial charge on any atom is -0.490 e. The molecule has 0 unspecified atom stereocenters. The Balaban J connectivity index is 0.00000288. The molecule has 0 heterocycles. The quantitative estimate of drug-likeness (QED) is 0.735. The summed E-state index contributed by atoms with van der Waals surface area (Å²) in [6.07, 6.45) is 0. The SMILES string of the molecule is CCOc1cc(CNC(C)C)ccc1OCc1ccc(C)cc1.Cl. The highest BCUT2D eigenvalue weighted by Crippen LogP contribution is 2.29. The molecular weight excluding hydrogens is 322 g/mol. The normalized spacial score (nSPS) is 10.4. The first-order valence-electron chi connectivity index (χ1n) is 8.26. The number of ether oxygens (including phenoxy) is 2. The average Bonchev–Trinajstić information content (AvgIpc) is 2.54. The van der Waals surface area contributed by atoms with E-state index >= 15 is 0 Å². The van der Waals surface area contributed by atoms with E-state index in [2.05, 4.69) is 62.5 Å². The highest BCUT2D eigenvalue weighted by atomic mass is 35.5. The van der Waals surface area contributed by atoms with Gasteiger partial charge in [0.05, 0.1) is 6.61 Å². The van der Waals surface area contributed by atoms with Gasteiger partial charge in [-0.25, -0.2) is 0 Å². The van der Waals surface area contributed by atoms with E-state index in [0.29, 0.717) is 19.3 Å². The van der Waals surface area contributed by atoms with Crippen molar-refractivity contribution in [1.82, 2.24) is 5.32 Å². The van der Waals surface area contributed by atoms with Gasteiger partial charge in [-0.05, 0) is 37.1 Å². The van der Waals surface area contributed by atoms with Crippen LogP contribution in [0.4, 0.5) is 0 Å². The van der Waals surface area contributed by atoms with Crippen molar-refractivity contribution in [2.45, 2.75) is 46.9 Å². The third kappa shape index (κ3) is 6.42. The van der Waals surface area contributed by atoms with E-state index in [1.807, 2.05) is 13.0 Å². The Hall–Kier alpha value is -1.71. The molecule has 3 nitrogen and oxygen atoms in total. The predicted molar refractivity (Wildman–Crippen MR) is 102 cm³/mol. The Morgan fingerprint density at radius 3 is 2.21 bits per heavy atom. The predicted octanol–water partition coefficient (Wildman–Crippen LogP) is 4.89. The first kappa shape index (κ1) is 20.3. The van der Waals surface area contributed by atoms with Crippen molar-refractivity contribution in [2.24, 2.45) is 0 Å². The summed E-state index contributed by atoms with van der Waals surface area (Å²) in [5.74, 6) is 1.60. The summed E-state index contributed by atoms with van der Waals surface area (Å²) in [5.41, 5.74) is 3.61. The molecule has 0 amide bonds. The number of rotatable bonds is 8. The molecule has 1 N–H and O–H groups in total. The average molecular weight is 350 g/mol. The van der Waals surface area contributed by atoms with Crippen molar-refractivity contribution in [1.29, 1.82) is 0 Å². The molecule has 0 radical (unpaired) electrons. The molecule has 0 aliphatic heterocycles. The maximum Gasteiger partial charge on any atom is 0.161 e. The second-order valence-corrected chi connectivity index (χ2v) is 6.02. The molecule has 0 atom stereocenters. The van der Waals surface area contributed by atoms with E-state index in [4.69, 9.17) is 9.47 Å². The lowest BCUT2D eigenvalue weighted by Gasteiger charge is -2.14. The lowest BCUT2D eigenvalue weighted by molar-refractivity contribution is 0.269. The Labute approximate surface area is 151 Å².